The smallest absolute Gasteiger partial charge is 0.224 e. The second-order valence-corrected chi connectivity index (χ2v) is 4.46. The zero-order valence-electron chi connectivity index (χ0n) is 11.4. The van der Waals surface area contributed by atoms with Gasteiger partial charge in [0.05, 0.1) is 11.3 Å². The first-order valence-corrected chi connectivity index (χ1v) is 6.04. The number of hydrogen-bond acceptors (Lipinski definition) is 4. The van der Waals surface area contributed by atoms with Crippen LogP contribution in [0, 0.1) is 11.7 Å². The van der Waals surface area contributed by atoms with Crippen molar-refractivity contribution in [1.29, 1.82) is 0 Å². The van der Waals surface area contributed by atoms with Gasteiger partial charge in [0.15, 0.2) is 5.84 Å². The number of carbonyl (C=O) groups is 1. The highest BCUT2D eigenvalue weighted by molar-refractivity contribution is 6.05. The Bertz CT molecular complexity index is 506. The Morgan fingerprint density at radius 3 is 2.90 bits per heavy atom. The molecule has 1 aromatic carbocycles. The van der Waals surface area contributed by atoms with Gasteiger partial charge in [0.1, 0.15) is 5.82 Å². The number of rotatable bonds is 6. The van der Waals surface area contributed by atoms with Gasteiger partial charge in [0, 0.05) is 20.1 Å². The summed E-state index contributed by atoms with van der Waals surface area (Å²) in [5.41, 5.74) is 5.43. The van der Waals surface area contributed by atoms with E-state index in [1.54, 1.807) is 7.11 Å². The summed E-state index contributed by atoms with van der Waals surface area (Å²) in [5.74, 6) is -1.35. The molecule has 1 aromatic rings. The maximum atomic E-state index is 13.7. The van der Waals surface area contributed by atoms with Crippen molar-refractivity contribution >= 4 is 17.4 Å². The van der Waals surface area contributed by atoms with Crippen LogP contribution in [-0.4, -0.2) is 30.7 Å². The van der Waals surface area contributed by atoms with Crippen LogP contribution in [-0.2, 0) is 9.53 Å². The summed E-state index contributed by atoms with van der Waals surface area (Å²) in [6, 6.07) is 4.07. The van der Waals surface area contributed by atoms with Crippen molar-refractivity contribution in [2.75, 3.05) is 19.0 Å². The van der Waals surface area contributed by atoms with E-state index in [9.17, 15) is 9.18 Å². The summed E-state index contributed by atoms with van der Waals surface area (Å²) in [6.07, 6.45) is 0.222. The first kappa shape index (κ1) is 15.9. The largest absolute Gasteiger partial charge is 0.409 e. The van der Waals surface area contributed by atoms with Crippen LogP contribution in [0.15, 0.2) is 23.4 Å². The topological polar surface area (TPSA) is 96.9 Å². The Morgan fingerprint density at radius 1 is 1.60 bits per heavy atom. The van der Waals surface area contributed by atoms with Gasteiger partial charge >= 0.3 is 0 Å². The molecule has 0 radical (unpaired) electrons. The van der Waals surface area contributed by atoms with E-state index in [4.69, 9.17) is 15.7 Å². The molecule has 0 aliphatic rings. The normalized spacial score (nSPS) is 13.1. The lowest BCUT2D eigenvalue weighted by Crippen LogP contribution is -2.22. The molecule has 110 valence electrons. The minimum absolute atomic E-state index is 0.0286. The van der Waals surface area contributed by atoms with Gasteiger partial charge in [-0.15, -0.1) is 0 Å². The maximum Gasteiger partial charge on any atom is 0.224 e. The Balaban J connectivity index is 2.87. The van der Waals surface area contributed by atoms with E-state index in [1.165, 1.54) is 12.1 Å². The van der Waals surface area contributed by atoms with Crippen molar-refractivity contribution in [3.8, 4) is 0 Å². The van der Waals surface area contributed by atoms with Crippen molar-refractivity contribution in [2.45, 2.75) is 13.3 Å². The Kier molecular flexibility index (Phi) is 5.92. The number of nitrogens with two attached hydrogens (primary N) is 1. The van der Waals surface area contributed by atoms with E-state index in [0.717, 1.165) is 6.07 Å². The molecule has 1 rings (SSSR count). The summed E-state index contributed by atoms with van der Waals surface area (Å²) >= 11 is 0. The van der Waals surface area contributed by atoms with Crippen LogP contribution >= 0.6 is 0 Å². The number of nitrogens with zero attached hydrogens (tertiary/aromatic N) is 1. The van der Waals surface area contributed by atoms with E-state index in [1.807, 2.05) is 6.92 Å². The first-order chi connectivity index (χ1) is 9.49. The molecule has 0 spiro atoms. The predicted molar refractivity (Wildman–Crippen MR) is 73.2 cm³/mol. The summed E-state index contributed by atoms with van der Waals surface area (Å²) in [4.78, 5) is 11.8. The lowest BCUT2D eigenvalue weighted by atomic mass is 10.1. The van der Waals surface area contributed by atoms with E-state index in [-0.39, 0.29) is 29.5 Å². The van der Waals surface area contributed by atoms with E-state index in [2.05, 4.69) is 10.5 Å². The van der Waals surface area contributed by atoms with Crippen molar-refractivity contribution in [3.05, 3.63) is 29.6 Å². The molecular weight excluding hydrogens is 265 g/mol. The van der Waals surface area contributed by atoms with Gasteiger partial charge < -0.3 is 21.0 Å². The molecule has 20 heavy (non-hydrogen) atoms. The molecule has 1 atom stereocenters. The summed E-state index contributed by atoms with van der Waals surface area (Å²) in [6.45, 7) is 2.31. The zero-order valence-corrected chi connectivity index (χ0v) is 11.4. The van der Waals surface area contributed by atoms with Crippen LogP contribution in [0.2, 0.25) is 0 Å². The molecule has 0 heterocycles. The molecule has 6 nitrogen and oxygen atoms in total. The highest BCUT2D eigenvalue weighted by Crippen LogP contribution is 2.19. The Labute approximate surface area is 116 Å². The van der Waals surface area contributed by atoms with E-state index >= 15 is 0 Å². The van der Waals surface area contributed by atoms with Crippen LogP contribution in [0.4, 0.5) is 10.1 Å². The molecule has 0 aromatic heterocycles. The van der Waals surface area contributed by atoms with Gasteiger partial charge in [-0.3, -0.25) is 4.79 Å². The standard InChI is InChI=1S/C13H18FN3O3/c1-8(7-20-2)6-11(18)16-10-5-3-4-9(14)12(10)13(15)17-19/h3-5,8,19H,6-7H2,1-2H3,(H2,15,17)(H,16,18). The van der Waals surface area contributed by atoms with Crippen LogP contribution in [0.1, 0.15) is 18.9 Å². The fourth-order valence-electron chi connectivity index (χ4n) is 1.80. The molecule has 0 fully saturated rings. The van der Waals surface area contributed by atoms with Crippen LogP contribution in [0.5, 0.6) is 0 Å². The Morgan fingerprint density at radius 2 is 2.30 bits per heavy atom. The molecular formula is C13H18FN3O3. The first-order valence-electron chi connectivity index (χ1n) is 6.04. The van der Waals surface area contributed by atoms with Gasteiger partial charge in [-0.25, -0.2) is 4.39 Å². The van der Waals surface area contributed by atoms with Crippen molar-refractivity contribution < 1.29 is 19.1 Å². The molecule has 0 aliphatic heterocycles. The van der Waals surface area contributed by atoms with Crippen LogP contribution in [0.25, 0.3) is 0 Å². The third-order valence-electron chi connectivity index (χ3n) is 2.64. The number of oxime groups is 1. The fourth-order valence-corrected chi connectivity index (χ4v) is 1.80. The number of anilines is 1. The second-order valence-electron chi connectivity index (χ2n) is 4.46. The molecule has 1 unspecified atom stereocenters. The van der Waals surface area contributed by atoms with Gasteiger partial charge in [-0.1, -0.05) is 18.1 Å². The van der Waals surface area contributed by atoms with E-state index < -0.39 is 11.7 Å². The van der Waals surface area contributed by atoms with Crippen molar-refractivity contribution in [2.24, 2.45) is 16.8 Å². The average Bonchev–Trinajstić information content (AvgIpc) is 2.38. The number of ether oxygens (including phenoxy) is 1. The lowest BCUT2D eigenvalue weighted by molar-refractivity contribution is -0.117. The maximum absolute atomic E-state index is 13.7. The molecule has 0 aliphatic carbocycles. The SMILES string of the molecule is COCC(C)CC(=O)Nc1cccc(F)c1/C(N)=N/O. The van der Waals surface area contributed by atoms with Crippen molar-refractivity contribution in [3.63, 3.8) is 0 Å². The summed E-state index contributed by atoms with van der Waals surface area (Å²) < 4.78 is 18.6. The minimum Gasteiger partial charge on any atom is -0.409 e. The average molecular weight is 283 g/mol. The summed E-state index contributed by atoms with van der Waals surface area (Å²) in [5, 5.41) is 14.0. The minimum atomic E-state index is -0.678. The number of halogens is 1. The summed E-state index contributed by atoms with van der Waals surface area (Å²) in [7, 11) is 1.55. The van der Waals surface area contributed by atoms with Crippen LogP contribution in [0.3, 0.4) is 0 Å². The van der Waals surface area contributed by atoms with Gasteiger partial charge in [-0.2, -0.15) is 0 Å². The molecule has 4 N–H and O–H groups in total. The van der Waals surface area contributed by atoms with Crippen LogP contribution < -0.4 is 11.1 Å². The number of methoxy groups -OCH3 is 1. The molecule has 0 saturated carbocycles. The number of hydrogen-bond donors (Lipinski definition) is 3. The van der Waals surface area contributed by atoms with Gasteiger partial charge in [0.2, 0.25) is 5.91 Å². The number of amides is 1. The third kappa shape index (κ3) is 4.20. The van der Waals surface area contributed by atoms with Gasteiger partial charge in [-0.05, 0) is 18.1 Å². The predicted octanol–water partition coefficient (Wildman–Crippen LogP) is 1.53. The second kappa shape index (κ2) is 7.44. The number of benzene rings is 1. The highest BCUT2D eigenvalue weighted by Gasteiger charge is 2.16. The zero-order chi connectivity index (χ0) is 15.1. The molecule has 0 bridgehead atoms. The number of carbonyl (C=O) groups excluding carboxylic acids is 1. The number of amidine groups is 1. The highest BCUT2D eigenvalue weighted by atomic mass is 19.1. The molecule has 1 amide bonds. The molecule has 0 saturated heterocycles. The third-order valence-corrected chi connectivity index (χ3v) is 2.64. The van der Waals surface area contributed by atoms with Crippen molar-refractivity contribution in [1.82, 2.24) is 0 Å². The lowest BCUT2D eigenvalue weighted by Gasteiger charge is -2.13. The quantitative estimate of drug-likeness (QED) is 0.319. The molecule has 7 heteroatoms. The monoisotopic (exact) mass is 283 g/mol. The number of nitrogens with one attached hydrogen (secondary N) is 1. The Hall–Kier alpha value is -2.15. The van der Waals surface area contributed by atoms with E-state index in [0.29, 0.717) is 6.61 Å². The van der Waals surface area contributed by atoms with Gasteiger partial charge in [0.25, 0.3) is 0 Å². The fraction of sp³-hybridized carbons (Fsp3) is 0.385.